The second kappa shape index (κ2) is 14.2. The van der Waals surface area contributed by atoms with Crippen LogP contribution in [-0.4, -0.2) is 50.5 Å². The maximum atomic E-state index is 11.6. The zero-order chi connectivity index (χ0) is 34.9. The number of benzene rings is 3. The van der Waals surface area contributed by atoms with E-state index in [0.29, 0.717) is 29.4 Å². The summed E-state index contributed by atoms with van der Waals surface area (Å²) >= 11 is 9.64. The van der Waals surface area contributed by atoms with E-state index in [9.17, 15) is 31.2 Å². The van der Waals surface area contributed by atoms with Gasteiger partial charge in [-0.25, -0.2) is 0 Å². The van der Waals surface area contributed by atoms with Gasteiger partial charge < -0.3 is 9.80 Å². The number of hydrogen-bond donors (Lipinski definition) is 2. The number of aromatic nitrogens is 1. The average molecular weight is 756 g/mol. The maximum Gasteiger partial charge on any atom is 0.265 e. The summed E-state index contributed by atoms with van der Waals surface area (Å²) in [4.78, 5) is 3.93. The molecular formula is C34H32ClN4O6S4+. The number of anilines is 2. The van der Waals surface area contributed by atoms with Gasteiger partial charge in [-0.05, 0) is 54.6 Å². The first-order chi connectivity index (χ1) is 23.4. The number of nitrogens with zero attached hydrogens (tertiary/aromatic N) is 4. The fourth-order valence-electron chi connectivity index (χ4n) is 6.06. The van der Waals surface area contributed by atoms with Gasteiger partial charge in [-0.15, -0.1) is 11.3 Å². The maximum absolute atomic E-state index is 11.6. The Morgan fingerprint density at radius 3 is 2.43 bits per heavy atom. The van der Waals surface area contributed by atoms with Gasteiger partial charge in [0.05, 0.1) is 33.5 Å². The van der Waals surface area contributed by atoms with Gasteiger partial charge in [0.25, 0.3) is 25.2 Å². The number of fused-ring (bicyclic) bond motifs is 3. The molecule has 0 amide bonds. The summed E-state index contributed by atoms with van der Waals surface area (Å²) in [7, 11) is -8.30. The van der Waals surface area contributed by atoms with E-state index in [1.807, 2.05) is 47.1 Å². The lowest BCUT2D eigenvalue weighted by Gasteiger charge is -2.24. The Bertz CT molecular complexity index is 2390. The molecule has 2 N–H and O–H groups in total. The summed E-state index contributed by atoms with van der Waals surface area (Å²) in [5, 5.41) is 14.1. The van der Waals surface area contributed by atoms with Crippen LogP contribution >= 0.6 is 34.3 Å². The van der Waals surface area contributed by atoms with Crippen molar-refractivity contribution in [2.45, 2.75) is 26.3 Å². The molecular weight excluding hydrogens is 724 g/mol. The van der Waals surface area contributed by atoms with Gasteiger partial charge in [0.1, 0.15) is 16.6 Å². The molecule has 1 aliphatic heterocycles. The normalized spacial score (nSPS) is 14.5. The Labute approximate surface area is 297 Å². The van der Waals surface area contributed by atoms with Crippen LogP contribution in [0.5, 0.6) is 0 Å². The zero-order valence-electron chi connectivity index (χ0n) is 26.3. The SMILES string of the molecule is CCN1/C(=C\C=C\c2sc3ccc(-c4csc5ccccc45)cc3[n+]2CCCS(=O)(=O)O)N(CCCS(=O)(=O)O)c2cc(C#N)c(Cl)cc21. The fraction of sp³-hybridized carbons (Fsp3) is 0.235. The molecule has 5 aromatic rings. The van der Waals surface area contributed by atoms with Gasteiger partial charge >= 0.3 is 0 Å². The molecule has 0 saturated carbocycles. The Morgan fingerprint density at radius 1 is 0.959 bits per heavy atom. The first kappa shape index (κ1) is 35.0. The van der Waals surface area contributed by atoms with Gasteiger partial charge in [0, 0.05) is 47.3 Å². The van der Waals surface area contributed by atoms with E-state index in [1.54, 1.807) is 34.8 Å². The molecule has 0 radical (unpaired) electrons. The predicted octanol–water partition coefficient (Wildman–Crippen LogP) is 7.35. The highest BCUT2D eigenvalue weighted by Crippen LogP contribution is 2.44. The van der Waals surface area contributed by atoms with Crippen LogP contribution in [0.2, 0.25) is 5.02 Å². The molecule has 1 aliphatic rings. The first-order valence-electron chi connectivity index (χ1n) is 15.4. The van der Waals surface area contributed by atoms with E-state index in [1.165, 1.54) is 4.70 Å². The van der Waals surface area contributed by atoms with Crippen molar-refractivity contribution in [3.63, 3.8) is 0 Å². The number of hydrogen-bond acceptors (Lipinski definition) is 9. The van der Waals surface area contributed by atoms with E-state index in [0.717, 1.165) is 43.2 Å². The Hall–Kier alpha value is -3.81. The lowest BCUT2D eigenvalue weighted by molar-refractivity contribution is -0.668. The number of halogens is 1. The zero-order valence-corrected chi connectivity index (χ0v) is 30.3. The molecule has 6 rings (SSSR count). The first-order valence-corrected chi connectivity index (χ1v) is 20.7. The minimum Gasteiger partial charge on any atom is -0.326 e. The molecule has 3 aromatic carbocycles. The molecule has 3 heterocycles. The van der Waals surface area contributed by atoms with Crippen molar-refractivity contribution < 1.29 is 30.5 Å². The number of allylic oxidation sites excluding steroid dienone is 2. The molecule has 10 nitrogen and oxygen atoms in total. The van der Waals surface area contributed by atoms with Crippen molar-refractivity contribution in [3.05, 3.63) is 93.5 Å². The molecule has 254 valence electrons. The summed E-state index contributed by atoms with van der Waals surface area (Å²) in [6, 6.07) is 20.0. The Kier molecular flexibility index (Phi) is 10.2. The van der Waals surface area contributed by atoms with Crippen LogP contribution < -0.4 is 14.4 Å². The van der Waals surface area contributed by atoms with Crippen molar-refractivity contribution >= 4 is 92.3 Å². The van der Waals surface area contributed by atoms with Crippen LogP contribution in [0.1, 0.15) is 30.3 Å². The van der Waals surface area contributed by atoms with Crippen molar-refractivity contribution in [3.8, 4) is 17.2 Å². The summed E-state index contributed by atoms with van der Waals surface area (Å²) in [5.41, 5.74) is 4.87. The minimum absolute atomic E-state index is 0.146. The molecule has 49 heavy (non-hydrogen) atoms. The van der Waals surface area contributed by atoms with Gasteiger partial charge in [-0.3, -0.25) is 9.11 Å². The topological polar surface area (TPSA) is 143 Å². The van der Waals surface area contributed by atoms with E-state index in [2.05, 4.69) is 46.3 Å². The summed E-state index contributed by atoms with van der Waals surface area (Å²) in [6.45, 7) is 3.14. The largest absolute Gasteiger partial charge is 0.326 e. The number of rotatable bonds is 12. The van der Waals surface area contributed by atoms with E-state index >= 15 is 0 Å². The van der Waals surface area contributed by atoms with Gasteiger partial charge in [0.15, 0.2) is 6.54 Å². The van der Waals surface area contributed by atoms with Gasteiger partial charge in [-0.2, -0.15) is 26.7 Å². The molecule has 0 fully saturated rings. The highest BCUT2D eigenvalue weighted by Gasteiger charge is 2.31. The third-order valence-electron chi connectivity index (χ3n) is 8.21. The number of thiophene rings is 1. The standard InChI is InChI=1S/C34H31ClN4O6S4/c1-2-37-29-20-27(35)24(21-36)19-28(29)38(14-6-16-48(40,41)42)33(37)10-5-11-34-39(15-7-17-49(43,44)45)30-18-23(12-13-32(30)47-34)26-22-46-31-9-4-3-8-25(26)31/h3-5,8-13,18-20,22H,2,6-7,14-17H2,1H3,(H-,40,41,42,43,44,45)/p+1. The lowest BCUT2D eigenvalue weighted by Crippen LogP contribution is -2.36. The fourth-order valence-corrected chi connectivity index (χ4v) is 9.30. The molecule has 2 aromatic heterocycles. The predicted molar refractivity (Wildman–Crippen MR) is 199 cm³/mol. The van der Waals surface area contributed by atoms with Crippen molar-refractivity contribution in [2.75, 3.05) is 34.4 Å². The highest BCUT2D eigenvalue weighted by atomic mass is 35.5. The van der Waals surface area contributed by atoms with Crippen molar-refractivity contribution in [1.82, 2.24) is 0 Å². The van der Waals surface area contributed by atoms with Crippen molar-refractivity contribution in [1.29, 1.82) is 5.26 Å². The molecule has 0 spiro atoms. The van der Waals surface area contributed by atoms with Crippen LogP contribution in [0.4, 0.5) is 11.4 Å². The highest BCUT2D eigenvalue weighted by molar-refractivity contribution is 7.86. The number of thiazole rings is 1. The van der Waals surface area contributed by atoms with Crippen LogP contribution in [0.15, 0.2) is 78.0 Å². The van der Waals surface area contributed by atoms with E-state index in [4.69, 9.17) is 11.6 Å². The molecule has 0 bridgehead atoms. The Morgan fingerprint density at radius 2 is 1.69 bits per heavy atom. The lowest BCUT2D eigenvalue weighted by atomic mass is 10.0. The van der Waals surface area contributed by atoms with Crippen LogP contribution in [0.3, 0.4) is 0 Å². The van der Waals surface area contributed by atoms with Crippen LogP contribution in [-0.2, 0) is 26.8 Å². The molecule has 15 heteroatoms. The summed E-state index contributed by atoms with van der Waals surface area (Å²) in [6.07, 6.45) is 6.07. The second-order valence-corrected chi connectivity index (χ2v) is 16.9. The minimum atomic E-state index is -4.17. The van der Waals surface area contributed by atoms with Crippen molar-refractivity contribution in [2.24, 2.45) is 0 Å². The summed E-state index contributed by atoms with van der Waals surface area (Å²) in [5.74, 6) is -0.0446. The number of aryl methyl sites for hydroxylation is 1. The molecule has 0 unspecified atom stereocenters. The second-order valence-electron chi connectivity index (χ2n) is 11.4. The smallest absolute Gasteiger partial charge is 0.265 e. The molecule has 0 aliphatic carbocycles. The van der Waals surface area contributed by atoms with Crippen LogP contribution in [0, 0.1) is 11.3 Å². The van der Waals surface area contributed by atoms with Crippen LogP contribution in [0.25, 0.3) is 37.5 Å². The quantitative estimate of drug-likeness (QED) is 0.0987. The average Bonchev–Trinajstić information content (AvgIpc) is 3.71. The molecule has 0 saturated heterocycles. The molecule has 0 atom stereocenters. The van der Waals surface area contributed by atoms with E-state index < -0.39 is 26.0 Å². The third kappa shape index (κ3) is 7.68. The van der Waals surface area contributed by atoms with E-state index in [-0.39, 0.29) is 25.1 Å². The van der Waals surface area contributed by atoms with Gasteiger partial charge in [0.2, 0.25) is 5.52 Å². The summed E-state index contributed by atoms with van der Waals surface area (Å²) < 4.78 is 69.2. The number of nitriles is 1. The third-order valence-corrected chi connectivity index (χ3v) is 12.2. The van der Waals surface area contributed by atoms with Gasteiger partial charge in [-0.1, -0.05) is 53.3 Å². The monoisotopic (exact) mass is 755 g/mol. The Balaban J connectivity index is 1.40.